The third-order valence-corrected chi connectivity index (χ3v) is 9.41. The van der Waals surface area contributed by atoms with Crippen LogP contribution in [-0.2, 0) is 0 Å². The van der Waals surface area contributed by atoms with Gasteiger partial charge in [0.25, 0.3) is 0 Å². The van der Waals surface area contributed by atoms with Crippen LogP contribution in [0.4, 0.5) is 0 Å². The molecule has 38 heavy (non-hydrogen) atoms. The van der Waals surface area contributed by atoms with Crippen LogP contribution in [0.15, 0.2) is 91.0 Å². The molecule has 1 atom stereocenters. The molecule has 188 valence electrons. The van der Waals surface area contributed by atoms with E-state index in [0.29, 0.717) is 5.92 Å². The van der Waals surface area contributed by atoms with E-state index in [1.54, 1.807) is 0 Å². The summed E-state index contributed by atoms with van der Waals surface area (Å²) < 4.78 is 5.24. The Morgan fingerprint density at radius 2 is 1.03 bits per heavy atom. The molecule has 0 bridgehead atoms. The lowest BCUT2D eigenvalue weighted by atomic mass is 10.0. The highest BCUT2D eigenvalue weighted by Gasteiger charge is 2.15. The van der Waals surface area contributed by atoms with Crippen LogP contribution in [0.2, 0.25) is 0 Å². The van der Waals surface area contributed by atoms with Crippen molar-refractivity contribution in [1.29, 1.82) is 0 Å². The Kier molecular flexibility index (Phi) is 6.69. The average molecular weight is 531 g/mol. The van der Waals surface area contributed by atoms with Crippen LogP contribution in [0.5, 0.6) is 0 Å². The molecule has 7 rings (SSSR count). The van der Waals surface area contributed by atoms with Crippen molar-refractivity contribution in [2.24, 2.45) is 0 Å². The Morgan fingerprint density at radius 3 is 1.50 bits per heavy atom. The number of fused-ring (bicyclic) bond motifs is 6. The summed E-state index contributed by atoms with van der Waals surface area (Å²) in [6.07, 6.45) is 1.01. The molecular formula is C34H30N2S2. The zero-order valence-electron chi connectivity index (χ0n) is 22.2. The molecule has 0 aliphatic heterocycles. The maximum Gasteiger partial charge on any atom is 0.132 e. The fraction of sp³-hybridized carbons (Fsp3) is 0.176. The lowest BCUT2D eigenvalue weighted by Crippen LogP contribution is -2.03. The van der Waals surface area contributed by atoms with Crippen LogP contribution in [-0.4, -0.2) is 9.97 Å². The monoisotopic (exact) mass is 530 g/mol. The van der Waals surface area contributed by atoms with E-state index in [1.165, 1.54) is 40.3 Å². The Labute approximate surface area is 231 Å². The molecular weight excluding hydrogens is 501 g/mol. The fourth-order valence-electron chi connectivity index (χ4n) is 4.94. The molecule has 2 nitrogen and oxygen atoms in total. The van der Waals surface area contributed by atoms with E-state index >= 15 is 0 Å². The normalized spacial score (nSPS) is 12.2. The maximum absolute atomic E-state index is 5.05. The van der Waals surface area contributed by atoms with Crippen LogP contribution >= 0.6 is 22.7 Å². The summed E-state index contributed by atoms with van der Waals surface area (Å²) in [5.74, 6) is 1.21. The number of hydrogen-bond donors (Lipinski definition) is 0. The summed E-state index contributed by atoms with van der Waals surface area (Å²) >= 11 is 3.69. The van der Waals surface area contributed by atoms with Crippen LogP contribution in [0, 0.1) is 0 Å². The molecule has 0 aliphatic rings. The van der Waals surface area contributed by atoms with Gasteiger partial charge in [-0.1, -0.05) is 88.4 Å². The molecule has 1 unspecified atom stereocenters. The molecule has 4 heteroatoms. The molecule has 0 aliphatic carbocycles. The van der Waals surface area contributed by atoms with Crippen LogP contribution in [0.25, 0.3) is 62.9 Å². The van der Waals surface area contributed by atoms with Crippen molar-refractivity contribution in [2.45, 2.75) is 40.0 Å². The molecule has 0 saturated heterocycles. The van der Waals surface area contributed by atoms with Gasteiger partial charge in [0.2, 0.25) is 0 Å². The highest BCUT2D eigenvalue weighted by atomic mass is 32.1. The third kappa shape index (κ3) is 4.28. The number of aromatic nitrogens is 2. The van der Waals surface area contributed by atoms with Crippen LogP contribution in [0.3, 0.4) is 0 Å². The topological polar surface area (TPSA) is 25.8 Å². The predicted molar refractivity (Wildman–Crippen MR) is 169 cm³/mol. The summed E-state index contributed by atoms with van der Waals surface area (Å²) in [5, 5.41) is 5.27. The zero-order valence-corrected chi connectivity index (χ0v) is 23.8. The van der Waals surface area contributed by atoms with Gasteiger partial charge in [0.1, 0.15) is 5.82 Å². The van der Waals surface area contributed by atoms with E-state index in [9.17, 15) is 0 Å². The standard InChI is InChI=1S/C32H24N2S2.C2H6/c1-3-19(2)32-33-26(20-12-14-24-22-8-4-6-10-28(22)35-30(24)16-20)18-27(34-32)21-13-15-25-23-9-5-7-11-29(23)36-31(25)17-21;1-2/h4-19H,3H2,1-2H3;1-2H3. The summed E-state index contributed by atoms with van der Waals surface area (Å²) in [4.78, 5) is 10.1. The largest absolute Gasteiger partial charge is 0.233 e. The van der Waals surface area contributed by atoms with Gasteiger partial charge in [-0.05, 0) is 36.8 Å². The van der Waals surface area contributed by atoms with Gasteiger partial charge in [-0.3, -0.25) is 0 Å². The second kappa shape index (κ2) is 10.3. The van der Waals surface area contributed by atoms with Crippen molar-refractivity contribution in [3.8, 4) is 22.5 Å². The number of rotatable bonds is 4. The summed E-state index contributed by atoms with van der Waals surface area (Å²) in [6.45, 7) is 8.42. The Hall–Kier alpha value is -3.60. The minimum Gasteiger partial charge on any atom is -0.233 e. The number of nitrogens with zero attached hydrogens (tertiary/aromatic N) is 2. The first-order chi connectivity index (χ1) is 18.7. The Bertz CT molecular complexity index is 1780. The highest BCUT2D eigenvalue weighted by molar-refractivity contribution is 7.26. The van der Waals surface area contributed by atoms with Crippen molar-refractivity contribution in [3.63, 3.8) is 0 Å². The molecule has 7 aromatic rings. The minimum atomic E-state index is 0.296. The van der Waals surface area contributed by atoms with Gasteiger partial charge in [0, 0.05) is 57.4 Å². The summed E-state index contributed by atoms with van der Waals surface area (Å²) in [5.41, 5.74) is 4.27. The average Bonchev–Trinajstić information content (AvgIpc) is 3.54. The summed E-state index contributed by atoms with van der Waals surface area (Å²) in [6, 6.07) is 32.9. The van der Waals surface area contributed by atoms with E-state index in [-0.39, 0.29) is 0 Å². The van der Waals surface area contributed by atoms with Gasteiger partial charge >= 0.3 is 0 Å². The van der Waals surface area contributed by atoms with Gasteiger partial charge in [0.15, 0.2) is 0 Å². The van der Waals surface area contributed by atoms with Gasteiger partial charge in [-0.15, -0.1) is 22.7 Å². The molecule has 0 amide bonds. The number of benzene rings is 4. The van der Waals surface area contributed by atoms with Crippen molar-refractivity contribution in [3.05, 3.63) is 96.8 Å². The van der Waals surface area contributed by atoms with E-state index in [0.717, 1.165) is 34.8 Å². The van der Waals surface area contributed by atoms with Gasteiger partial charge in [-0.25, -0.2) is 9.97 Å². The quantitative estimate of drug-likeness (QED) is 0.226. The fourth-order valence-corrected chi connectivity index (χ4v) is 7.23. The highest BCUT2D eigenvalue weighted by Crippen LogP contribution is 2.38. The van der Waals surface area contributed by atoms with E-state index < -0.39 is 0 Å². The Morgan fingerprint density at radius 1 is 0.579 bits per heavy atom. The smallest absolute Gasteiger partial charge is 0.132 e. The van der Waals surface area contributed by atoms with E-state index in [4.69, 9.17) is 9.97 Å². The Balaban J connectivity index is 0.00000129. The molecule has 4 aromatic carbocycles. The van der Waals surface area contributed by atoms with Crippen molar-refractivity contribution >= 4 is 63.0 Å². The van der Waals surface area contributed by atoms with Crippen LogP contribution < -0.4 is 0 Å². The maximum atomic E-state index is 5.05. The zero-order chi connectivity index (χ0) is 26.2. The van der Waals surface area contributed by atoms with Crippen molar-refractivity contribution in [2.75, 3.05) is 0 Å². The van der Waals surface area contributed by atoms with E-state index in [1.807, 2.05) is 36.5 Å². The SMILES string of the molecule is CC.CCC(C)c1nc(-c2ccc3c(c2)sc2ccccc23)cc(-c2ccc3c(c2)sc2ccccc23)n1. The lowest BCUT2D eigenvalue weighted by molar-refractivity contribution is 0.680. The van der Waals surface area contributed by atoms with Crippen molar-refractivity contribution < 1.29 is 0 Å². The number of thiophene rings is 2. The second-order valence-corrected chi connectivity index (χ2v) is 11.6. The van der Waals surface area contributed by atoms with Gasteiger partial charge in [-0.2, -0.15) is 0 Å². The minimum absolute atomic E-state index is 0.296. The van der Waals surface area contributed by atoms with Gasteiger partial charge in [0.05, 0.1) is 11.4 Å². The molecule has 0 N–H and O–H groups in total. The molecule has 0 radical (unpaired) electrons. The molecule has 3 heterocycles. The van der Waals surface area contributed by atoms with Crippen molar-refractivity contribution in [1.82, 2.24) is 9.97 Å². The van der Waals surface area contributed by atoms with Gasteiger partial charge < -0.3 is 0 Å². The lowest BCUT2D eigenvalue weighted by Gasteiger charge is -2.13. The molecule has 3 aromatic heterocycles. The van der Waals surface area contributed by atoms with Crippen LogP contribution in [0.1, 0.15) is 45.9 Å². The number of hydrogen-bond acceptors (Lipinski definition) is 4. The summed E-state index contributed by atoms with van der Waals surface area (Å²) in [7, 11) is 0. The second-order valence-electron chi connectivity index (χ2n) is 9.42. The predicted octanol–water partition coefficient (Wildman–Crippen LogP) is 11.1. The first-order valence-electron chi connectivity index (χ1n) is 13.4. The molecule has 0 spiro atoms. The first kappa shape index (κ1) is 24.7. The molecule has 0 fully saturated rings. The van der Waals surface area contributed by atoms with E-state index in [2.05, 4.69) is 105 Å². The third-order valence-electron chi connectivity index (χ3n) is 7.15. The first-order valence-corrected chi connectivity index (χ1v) is 15.0. The molecule has 0 saturated carbocycles.